The van der Waals surface area contributed by atoms with Crippen LogP contribution in [0.3, 0.4) is 0 Å². The summed E-state index contributed by atoms with van der Waals surface area (Å²) in [6.45, 7) is 2.44. The molecule has 0 saturated carbocycles. The number of halogens is 2. The zero-order chi connectivity index (χ0) is 15.2. The molecule has 0 aliphatic carbocycles. The van der Waals surface area contributed by atoms with E-state index in [4.69, 9.17) is 11.6 Å². The first kappa shape index (κ1) is 16.0. The molecular formula is C16H17BrClN2O+. The molecule has 0 radical (unpaired) electrons. The Bertz CT molecular complexity index is 616. The minimum Gasteiger partial charge on any atom is -0.333 e. The van der Waals surface area contributed by atoms with Crippen LogP contribution in [0.25, 0.3) is 0 Å². The maximum atomic E-state index is 11.9. The minimum atomic E-state index is -0.0195. The van der Waals surface area contributed by atoms with Gasteiger partial charge >= 0.3 is 0 Å². The third kappa shape index (κ3) is 5.16. The van der Waals surface area contributed by atoms with Crippen LogP contribution >= 0.6 is 27.5 Å². The average molecular weight is 369 g/mol. The second-order valence-corrected chi connectivity index (χ2v) is 6.19. The SMILES string of the molecule is C[C@@H]([NH2+]CC(=O)Nc1cccc(Br)c1)c1ccc(Cl)cc1. The van der Waals surface area contributed by atoms with Crippen molar-refractivity contribution in [3.05, 3.63) is 63.6 Å². The van der Waals surface area contributed by atoms with Crippen LogP contribution in [0.4, 0.5) is 5.69 Å². The molecule has 0 spiro atoms. The second kappa shape index (κ2) is 7.59. The van der Waals surface area contributed by atoms with Crippen molar-refractivity contribution in [3.8, 4) is 0 Å². The summed E-state index contributed by atoms with van der Waals surface area (Å²) in [5.74, 6) is -0.0195. The molecule has 2 aromatic rings. The van der Waals surface area contributed by atoms with Crippen molar-refractivity contribution < 1.29 is 10.1 Å². The number of carbonyl (C=O) groups excluding carboxylic acids is 1. The molecule has 0 unspecified atom stereocenters. The normalized spacial score (nSPS) is 12.0. The Balaban J connectivity index is 1.84. The zero-order valence-electron chi connectivity index (χ0n) is 11.6. The Kier molecular flexibility index (Phi) is 5.79. The Morgan fingerprint density at radius 2 is 2.00 bits per heavy atom. The van der Waals surface area contributed by atoms with Crippen LogP contribution in [0.15, 0.2) is 53.0 Å². The first-order valence-electron chi connectivity index (χ1n) is 6.69. The number of carbonyl (C=O) groups is 1. The molecule has 2 aromatic carbocycles. The van der Waals surface area contributed by atoms with Crippen molar-refractivity contribution in [1.82, 2.24) is 0 Å². The molecule has 3 nitrogen and oxygen atoms in total. The number of benzene rings is 2. The van der Waals surface area contributed by atoms with E-state index >= 15 is 0 Å². The van der Waals surface area contributed by atoms with Gasteiger partial charge in [-0.2, -0.15) is 0 Å². The lowest BCUT2D eigenvalue weighted by Crippen LogP contribution is -2.86. The van der Waals surface area contributed by atoms with E-state index in [1.165, 1.54) is 0 Å². The van der Waals surface area contributed by atoms with Gasteiger partial charge in [-0.05, 0) is 37.3 Å². The van der Waals surface area contributed by atoms with E-state index in [1.54, 1.807) is 0 Å². The van der Waals surface area contributed by atoms with E-state index in [2.05, 4.69) is 28.2 Å². The monoisotopic (exact) mass is 367 g/mol. The summed E-state index contributed by atoms with van der Waals surface area (Å²) < 4.78 is 0.943. The van der Waals surface area contributed by atoms with E-state index in [1.807, 2.05) is 53.8 Å². The summed E-state index contributed by atoms with van der Waals surface area (Å²) in [6, 6.07) is 15.4. The molecule has 3 N–H and O–H groups in total. The maximum absolute atomic E-state index is 11.9. The summed E-state index contributed by atoms with van der Waals surface area (Å²) in [5.41, 5.74) is 1.94. The third-order valence-corrected chi connectivity index (χ3v) is 3.91. The molecular weight excluding hydrogens is 352 g/mol. The Labute approximate surface area is 137 Å². The van der Waals surface area contributed by atoms with Crippen molar-refractivity contribution in [2.75, 3.05) is 11.9 Å². The van der Waals surface area contributed by atoms with Crippen LogP contribution in [0.2, 0.25) is 5.02 Å². The van der Waals surface area contributed by atoms with Crippen LogP contribution in [0.5, 0.6) is 0 Å². The Morgan fingerprint density at radius 3 is 2.67 bits per heavy atom. The van der Waals surface area contributed by atoms with Crippen molar-refractivity contribution in [3.63, 3.8) is 0 Å². The van der Waals surface area contributed by atoms with Crippen molar-refractivity contribution in [2.45, 2.75) is 13.0 Å². The lowest BCUT2D eigenvalue weighted by molar-refractivity contribution is -0.682. The van der Waals surface area contributed by atoms with E-state index in [0.29, 0.717) is 6.54 Å². The molecule has 0 aliphatic rings. The predicted octanol–water partition coefficient (Wildman–Crippen LogP) is 3.37. The summed E-state index contributed by atoms with van der Waals surface area (Å²) in [6.07, 6.45) is 0. The van der Waals surface area contributed by atoms with Crippen molar-refractivity contribution in [2.24, 2.45) is 0 Å². The van der Waals surface area contributed by atoms with Gasteiger partial charge in [-0.3, -0.25) is 4.79 Å². The van der Waals surface area contributed by atoms with Gasteiger partial charge in [-0.1, -0.05) is 45.7 Å². The highest BCUT2D eigenvalue weighted by atomic mass is 79.9. The van der Waals surface area contributed by atoms with Crippen LogP contribution in [-0.2, 0) is 4.79 Å². The molecule has 0 heterocycles. The number of hydrogen-bond donors (Lipinski definition) is 2. The molecule has 21 heavy (non-hydrogen) atoms. The number of nitrogens with two attached hydrogens (primary N) is 1. The minimum absolute atomic E-state index is 0.0195. The number of quaternary nitrogens is 1. The van der Waals surface area contributed by atoms with Gasteiger partial charge in [0.25, 0.3) is 5.91 Å². The van der Waals surface area contributed by atoms with Gasteiger partial charge in [-0.25, -0.2) is 0 Å². The molecule has 0 fully saturated rings. The second-order valence-electron chi connectivity index (χ2n) is 4.84. The number of amides is 1. The predicted molar refractivity (Wildman–Crippen MR) is 89.4 cm³/mol. The molecule has 1 atom stereocenters. The van der Waals surface area contributed by atoms with E-state index in [0.717, 1.165) is 20.7 Å². The van der Waals surface area contributed by atoms with Crippen molar-refractivity contribution in [1.29, 1.82) is 0 Å². The molecule has 2 rings (SSSR count). The highest BCUT2D eigenvalue weighted by molar-refractivity contribution is 9.10. The van der Waals surface area contributed by atoms with Crippen LogP contribution < -0.4 is 10.6 Å². The van der Waals surface area contributed by atoms with Crippen LogP contribution in [-0.4, -0.2) is 12.5 Å². The van der Waals surface area contributed by atoms with E-state index < -0.39 is 0 Å². The molecule has 0 aliphatic heterocycles. The number of rotatable bonds is 5. The van der Waals surface area contributed by atoms with Crippen molar-refractivity contribution >= 4 is 39.1 Å². The average Bonchev–Trinajstić information content (AvgIpc) is 2.45. The molecule has 110 valence electrons. The maximum Gasteiger partial charge on any atom is 0.279 e. The lowest BCUT2D eigenvalue weighted by Gasteiger charge is -2.11. The summed E-state index contributed by atoms with van der Waals surface area (Å²) in [7, 11) is 0. The lowest BCUT2D eigenvalue weighted by atomic mass is 10.1. The van der Waals surface area contributed by atoms with Crippen LogP contribution in [0.1, 0.15) is 18.5 Å². The summed E-state index contributed by atoms with van der Waals surface area (Å²) in [4.78, 5) is 11.9. The third-order valence-electron chi connectivity index (χ3n) is 3.16. The van der Waals surface area contributed by atoms with Gasteiger partial charge in [0.1, 0.15) is 6.04 Å². The molecule has 1 amide bonds. The quantitative estimate of drug-likeness (QED) is 0.835. The van der Waals surface area contributed by atoms with Gasteiger partial charge in [0.05, 0.1) is 0 Å². The fourth-order valence-corrected chi connectivity index (χ4v) is 2.49. The first-order valence-corrected chi connectivity index (χ1v) is 7.86. The Hall–Kier alpha value is -1.36. The van der Waals surface area contributed by atoms with Gasteiger partial charge < -0.3 is 10.6 Å². The van der Waals surface area contributed by atoms with Gasteiger partial charge in [0.15, 0.2) is 6.54 Å². The molecule has 0 bridgehead atoms. The first-order chi connectivity index (χ1) is 10.0. The highest BCUT2D eigenvalue weighted by Gasteiger charge is 2.11. The number of nitrogens with one attached hydrogen (secondary N) is 1. The van der Waals surface area contributed by atoms with Gasteiger partial charge in [-0.15, -0.1) is 0 Å². The van der Waals surface area contributed by atoms with Crippen LogP contribution in [0, 0.1) is 0 Å². The standard InChI is InChI=1S/C16H16BrClN2O/c1-11(12-5-7-14(18)8-6-12)19-10-16(21)20-15-4-2-3-13(17)9-15/h2-9,11,19H,10H2,1H3,(H,20,21)/p+1/t11-/m1/s1. The Morgan fingerprint density at radius 1 is 1.29 bits per heavy atom. The molecule has 0 saturated heterocycles. The highest BCUT2D eigenvalue weighted by Crippen LogP contribution is 2.15. The number of anilines is 1. The van der Waals surface area contributed by atoms with E-state index in [-0.39, 0.29) is 11.9 Å². The molecule has 0 aromatic heterocycles. The van der Waals surface area contributed by atoms with E-state index in [9.17, 15) is 4.79 Å². The fourth-order valence-electron chi connectivity index (χ4n) is 1.96. The fraction of sp³-hybridized carbons (Fsp3) is 0.188. The van der Waals surface area contributed by atoms with Gasteiger partial charge in [0.2, 0.25) is 0 Å². The summed E-state index contributed by atoms with van der Waals surface area (Å²) in [5, 5.41) is 5.59. The molecule has 5 heteroatoms. The number of hydrogen-bond acceptors (Lipinski definition) is 1. The summed E-state index contributed by atoms with van der Waals surface area (Å²) >= 11 is 9.25. The smallest absolute Gasteiger partial charge is 0.279 e. The zero-order valence-corrected chi connectivity index (χ0v) is 14.0. The largest absolute Gasteiger partial charge is 0.333 e. The topological polar surface area (TPSA) is 45.7 Å². The van der Waals surface area contributed by atoms with Gasteiger partial charge in [0, 0.05) is 20.7 Å².